The van der Waals surface area contributed by atoms with E-state index in [0.717, 1.165) is 34.0 Å². The average Bonchev–Trinajstić information content (AvgIpc) is 2.98. The van der Waals surface area contributed by atoms with E-state index in [1.807, 2.05) is 24.3 Å². The quantitative estimate of drug-likeness (QED) is 0.551. The second kappa shape index (κ2) is 5.85. The minimum Gasteiger partial charge on any atom is -0.339 e. The smallest absolute Gasteiger partial charge is 0.143 e. The van der Waals surface area contributed by atoms with Crippen LogP contribution in [0.1, 0.15) is 11.1 Å². The van der Waals surface area contributed by atoms with Crippen molar-refractivity contribution in [1.29, 1.82) is 0 Å². The van der Waals surface area contributed by atoms with Crippen LogP contribution in [-0.2, 0) is 0 Å². The van der Waals surface area contributed by atoms with Crippen molar-refractivity contribution in [1.82, 2.24) is 9.38 Å². The molecule has 3 heteroatoms. The van der Waals surface area contributed by atoms with Gasteiger partial charge in [0.2, 0.25) is 0 Å². The summed E-state index contributed by atoms with van der Waals surface area (Å²) in [4.78, 5) is 4.91. The van der Waals surface area contributed by atoms with Gasteiger partial charge in [-0.25, -0.2) is 4.98 Å². The second-order valence-corrected chi connectivity index (χ2v) is 6.00. The Kier molecular flexibility index (Phi) is 3.54. The van der Waals surface area contributed by atoms with E-state index < -0.39 is 0 Å². The summed E-state index contributed by atoms with van der Waals surface area (Å²) in [6.45, 7) is 4.20. The summed E-state index contributed by atoms with van der Waals surface area (Å²) in [7, 11) is 0. The number of aryl methyl sites for hydroxylation is 2. The maximum absolute atomic E-state index is 4.91. The first kappa shape index (κ1) is 14.5. The summed E-state index contributed by atoms with van der Waals surface area (Å²) in [6.07, 6.45) is 2.06. The lowest BCUT2D eigenvalue weighted by atomic mass is 10.1. The number of aromatic nitrogens is 2. The molecule has 0 spiro atoms. The van der Waals surface area contributed by atoms with Crippen LogP contribution in [0.2, 0.25) is 0 Å². The van der Waals surface area contributed by atoms with E-state index in [0.29, 0.717) is 0 Å². The van der Waals surface area contributed by atoms with E-state index in [-0.39, 0.29) is 0 Å². The van der Waals surface area contributed by atoms with Crippen molar-refractivity contribution in [2.24, 2.45) is 0 Å². The average molecular weight is 313 g/mol. The first-order valence-electron chi connectivity index (χ1n) is 8.10. The largest absolute Gasteiger partial charge is 0.339 e. The molecule has 0 aliphatic heterocycles. The van der Waals surface area contributed by atoms with Crippen LogP contribution in [0.25, 0.3) is 16.9 Å². The summed E-state index contributed by atoms with van der Waals surface area (Å²) in [5.74, 6) is 0.995. The van der Waals surface area contributed by atoms with E-state index in [1.165, 1.54) is 5.56 Å². The van der Waals surface area contributed by atoms with Crippen molar-refractivity contribution in [3.05, 3.63) is 84.1 Å². The number of hydrogen-bond acceptors (Lipinski definition) is 2. The Balaban J connectivity index is 1.95. The van der Waals surface area contributed by atoms with Gasteiger partial charge < -0.3 is 5.32 Å². The molecule has 3 nitrogen and oxygen atoms in total. The number of nitrogens with one attached hydrogen (secondary N) is 1. The van der Waals surface area contributed by atoms with E-state index in [2.05, 4.69) is 72.2 Å². The molecule has 0 saturated heterocycles. The zero-order chi connectivity index (χ0) is 16.5. The number of anilines is 2. The van der Waals surface area contributed by atoms with E-state index in [4.69, 9.17) is 4.98 Å². The molecule has 2 aromatic heterocycles. The fourth-order valence-corrected chi connectivity index (χ4v) is 2.96. The number of pyridine rings is 1. The van der Waals surface area contributed by atoms with Crippen LogP contribution in [0.4, 0.5) is 11.5 Å². The van der Waals surface area contributed by atoms with Crippen molar-refractivity contribution in [3.63, 3.8) is 0 Å². The van der Waals surface area contributed by atoms with Crippen LogP contribution in [0.3, 0.4) is 0 Å². The van der Waals surface area contributed by atoms with Crippen LogP contribution < -0.4 is 5.32 Å². The molecule has 118 valence electrons. The Morgan fingerprint density at radius 1 is 0.792 bits per heavy atom. The standard InChI is InChI=1S/C21H19N3/c1-15-9-6-7-13-18(15)22-21-19(17-11-4-3-5-12-17)23-20-16(2)10-8-14-24(20)21/h3-14,22H,1-2H3. The minimum absolute atomic E-state index is 0.966. The number of imidazole rings is 1. The second-order valence-electron chi connectivity index (χ2n) is 6.00. The zero-order valence-corrected chi connectivity index (χ0v) is 13.8. The molecule has 24 heavy (non-hydrogen) atoms. The third-order valence-corrected chi connectivity index (χ3v) is 4.29. The Hall–Kier alpha value is -3.07. The molecule has 0 atom stereocenters. The number of para-hydroxylation sites is 1. The lowest BCUT2D eigenvalue weighted by Crippen LogP contribution is -1.98. The van der Waals surface area contributed by atoms with Gasteiger partial charge in [-0.1, -0.05) is 54.6 Å². The maximum atomic E-state index is 4.91. The van der Waals surface area contributed by atoms with E-state index in [9.17, 15) is 0 Å². The van der Waals surface area contributed by atoms with Gasteiger partial charge in [-0.05, 0) is 37.1 Å². The van der Waals surface area contributed by atoms with Gasteiger partial charge >= 0.3 is 0 Å². The fourth-order valence-electron chi connectivity index (χ4n) is 2.96. The molecule has 0 saturated carbocycles. The molecule has 4 rings (SSSR count). The SMILES string of the molecule is Cc1ccccc1Nc1c(-c2ccccc2)nc2c(C)cccn12. The van der Waals surface area contributed by atoms with Gasteiger partial charge in [0.25, 0.3) is 0 Å². The van der Waals surface area contributed by atoms with Crippen LogP contribution in [0, 0.1) is 13.8 Å². The Labute approximate surface area is 141 Å². The molecule has 2 heterocycles. The predicted molar refractivity (Wildman–Crippen MR) is 99.8 cm³/mol. The number of rotatable bonds is 3. The Morgan fingerprint density at radius 2 is 1.50 bits per heavy atom. The van der Waals surface area contributed by atoms with Crippen molar-refractivity contribution >= 4 is 17.2 Å². The van der Waals surface area contributed by atoms with Crippen molar-refractivity contribution in [2.75, 3.05) is 5.32 Å². The first-order valence-corrected chi connectivity index (χ1v) is 8.10. The van der Waals surface area contributed by atoms with Gasteiger partial charge in [0.05, 0.1) is 0 Å². The molecule has 0 aliphatic rings. The fraction of sp³-hybridized carbons (Fsp3) is 0.0952. The molecular formula is C21H19N3. The highest BCUT2D eigenvalue weighted by atomic mass is 15.1. The number of nitrogens with zero attached hydrogens (tertiary/aromatic N) is 2. The lowest BCUT2D eigenvalue weighted by Gasteiger charge is -2.11. The van der Waals surface area contributed by atoms with Crippen LogP contribution in [0.5, 0.6) is 0 Å². The minimum atomic E-state index is 0.966. The van der Waals surface area contributed by atoms with Gasteiger partial charge in [0, 0.05) is 17.4 Å². The van der Waals surface area contributed by atoms with E-state index in [1.54, 1.807) is 0 Å². The summed E-state index contributed by atoms with van der Waals surface area (Å²) < 4.78 is 2.13. The van der Waals surface area contributed by atoms with Gasteiger partial charge in [-0.2, -0.15) is 0 Å². The Bertz CT molecular complexity index is 1000. The van der Waals surface area contributed by atoms with Crippen LogP contribution in [0.15, 0.2) is 72.9 Å². The highest BCUT2D eigenvalue weighted by Gasteiger charge is 2.15. The van der Waals surface area contributed by atoms with Crippen LogP contribution in [-0.4, -0.2) is 9.38 Å². The maximum Gasteiger partial charge on any atom is 0.143 e. The first-order chi connectivity index (χ1) is 11.7. The highest BCUT2D eigenvalue weighted by molar-refractivity contribution is 5.80. The van der Waals surface area contributed by atoms with Crippen molar-refractivity contribution in [2.45, 2.75) is 13.8 Å². The van der Waals surface area contributed by atoms with Crippen LogP contribution >= 0.6 is 0 Å². The molecule has 2 aromatic carbocycles. The molecule has 0 unspecified atom stereocenters. The summed E-state index contributed by atoms with van der Waals surface area (Å²) in [6, 6.07) is 22.8. The summed E-state index contributed by atoms with van der Waals surface area (Å²) in [5, 5.41) is 3.59. The Morgan fingerprint density at radius 3 is 2.29 bits per heavy atom. The van der Waals surface area contributed by atoms with Crippen molar-refractivity contribution in [3.8, 4) is 11.3 Å². The normalized spacial score (nSPS) is 10.9. The molecule has 0 amide bonds. The molecular weight excluding hydrogens is 294 g/mol. The molecule has 0 bridgehead atoms. The molecule has 4 aromatic rings. The molecule has 0 radical (unpaired) electrons. The van der Waals surface area contributed by atoms with Gasteiger partial charge in [-0.15, -0.1) is 0 Å². The number of benzene rings is 2. The summed E-state index contributed by atoms with van der Waals surface area (Å²) in [5.41, 5.74) is 6.52. The zero-order valence-electron chi connectivity index (χ0n) is 13.8. The number of hydrogen-bond donors (Lipinski definition) is 1. The highest BCUT2D eigenvalue weighted by Crippen LogP contribution is 2.32. The third-order valence-electron chi connectivity index (χ3n) is 4.29. The molecule has 1 N–H and O–H groups in total. The van der Waals surface area contributed by atoms with Gasteiger partial charge in [0.15, 0.2) is 0 Å². The van der Waals surface area contributed by atoms with Gasteiger partial charge in [0.1, 0.15) is 17.2 Å². The summed E-state index contributed by atoms with van der Waals surface area (Å²) >= 11 is 0. The van der Waals surface area contributed by atoms with Crippen molar-refractivity contribution < 1.29 is 0 Å². The number of fused-ring (bicyclic) bond motifs is 1. The van der Waals surface area contributed by atoms with E-state index >= 15 is 0 Å². The van der Waals surface area contributed by atoms with Gasteiger partial charge in [-0.3, -0.25) is 4.40 Å². The predicted octanol–water partition coefficient (Wildman–Crippen LogP) is 5.36. The molecule has 0 fully saturated rings. The lowest BCUT2D eigenvalue weighted by molar-refractivity contribution is 1.16. The molecule has 0 aliphatic carbocycles. The topological polar surface area (TPSA) is 29.3 Å². The third kappa shape index (κ3) is 2.44. The monoisotopic (exact) mass is 313 g/mol.